The first-order chi connectivity index (χ1) is 8.24. The molecule has 0 radical (unpaired) electrons. The molecule has 94 valence electrons. The van der Waals surface area contributed by atoms with Crippen LogP contribution in [0.25, 0.3) is 0 Å². The lowest BCUT2D eigenvalue weighted by atomic mass is 10.1. The maximum absolute atomic E-state index is 9.25. The first-order valence-electron chi connectivity index (χ1n) is 5.61. The molecule has 0 bridgehead atoms. The topological polar surface area (TPSA) is 96.1 Å². The van der Waals surface area contributed by atoms with E-state index in [9.17, 15) is 5.11 Å². The number of hydrogen-bond acceptors (Lipinski definition) is 6. The largest absolute Gasteiger partial charge is 0.396 e. The number of rotatable bonds is 4. The molecule has 1 aliphatic rings. The second-order valence-electron chi connectivity index (χ2n) is 4.16. The van der Waals surface area contributed by atoms with Crippen LogP contribution in [0, 0.1) is 5.92 Å². The maximum Gasteiger partial charge on any atom is 0.239 e. The van der Waals surface area contributed by atoms with Crippen molar-refractivity contribution in [1.82, 2.24) is 9.97 Å². The zero-order valence-corrected chi connectivity index (χ0v) is 10.1. The highest BCUT2D eigenvalue weighted by Crippen LogP contribution is 2.29. The second kappa shape index (κ2) is 5.48. The molecule has 0 aliphatic heterocycles. The Morgan fingerprint density at radius 1 is 1.53 bits per heavy atom. The molecule has 2 rings (SSSR count). The third-order valence-corrected chi connectivity index (χ3v) is 3.37. The van der Waals surface area contributed by atoms with Crippen LogP contribution in [0.5, 0.6) is 0 Å². The van der Waals surface area contributed by atoms with Crippen LogP contribution in [-0.4, -0.2) is 27.7 Å². The molecule has 1 aromatic rings. The number of aliphatic hydroxyl groups excluding tert-OH is 1. The molecule has 0 saturated heterocycles. The number of nitrogens with one attached hydrogen (secondary N) is 2. The second-order valence-corrected chi connectivity index (χ2v) is 4.57. The van der Waals surface area contributed by atoms with E-state index in [2.05, 4.69) is 20.7 Å². The third-order valence-electron chi connectivity index (χ3n) is 3.09. The molecule has 0 amide bonds. The molecule has 7 heteroatoms. The van der Waals surface area contributed by atoms with E-state index in [1.807, 2.05) is 0 Å². The molecule has 1 aromatic heterocycles. The van der Waals surface area contributed by atoms with Crippen LogP contribution in [-0.2, 0) is 0 Å². The molecule has 17 heavy (non-hydrogen) atoms. The van der Waals surface area contributed by atoms with E-state index in [1.54, 1.807) is 0 Å². The molecular weight excluding hydrogens is 242 g/mol. The van der Waals surface area contributed by atoms with Crippen LogP contribution in [0.2, 0.25) is 5.02 Å². The van der Waals surface area contributed by atoms with E-state index in [0.29, 0.717) is 16.8 Å². The summed E-state index contributed by atoms with van der Waals surface area (Å²) in [5.74, 6) is 6.37. The van der Waals surface area contributed by atoms with Crippen molar-refractivity contribution < 1.29 is 5.11 Å². The summed E-state index contributed by atoms with van der Waals surface area (Å²) in [6.07, 6.45) is 4.64. The van der Waals surface area contributed by atoms with Crippen molar-refractivity contribution in [3.63, 3.8) is 0 Å². The van der Waals surface area contributed by atoms with E-state index in [1.165, 1.54) is 6.20 Å². The van der Waals surface area contributed by atoms with Gasteiger partial charge in [-0.15, -0.1) is 0 Å². The number of nitrogens with zero attached hydrogens (tertiary/aromatic N) is 2. The van der Waals surface area contributed by atoms with Crippen LogP contribution >= 0.6 is 11.6 Å². The van der Waals surface area contributed by atoms with Gasteiger partial charge in [-0.05, 0) is 12.8 Å². The highest BCUT2D eigenvalue weighted by Gasteiger charge is 2.27. The molecule has 1 aliphatic carbocycles. The van der Waals surface area contributed by atoms with Gasteiger partial charge in [-0.2, -0.15) is 4.98 Å². The number of halogens is 1. The van der Waals surface area contributed by atoms with Crippen LogP contribution in [0.4, 0.5) is 11.8 Å². The van der Waals surface area contributed by atoms with Gasteiger partial charge in [0.2, 0.25) is 5.95 Å². The standard InChI is InChI=1S/C10H16ClN5O/c11-7-4-13-10(16-12)15-9(7)14-8-3-1-2-6(8)5-17/h4,6,8,17H,1-3,5,12H2,(H2,13,14,15,16). The fourth-order valence-corrected chi connectivity index (χ4v) is 2.30. The summed E-state index contributed by atoms with van der Waals surface area (Å²) >= 11 is 6.00. The highest BCUT2D eigenvalue weighted by molar-refractivity contribution is 6.32. The van der Waals surface area contributed by atoms with Gasteiger partial charge in [-0.1, -0.05) is 18.0 Å². The van der Waals surface area contributed by atoms with E-state index in [-0.39, 0.29) is 18.6 Å². The summed E-state index contributed by atoms with van der Waals surface area (Å²) in [5, 5.41) is 12.9. The number of hydrazine groups is 1. The van der Waals surface area contributed by atoms with Crippen molar-refractivity contribution in [2.75, 3.05) is 17.3 Å². The normalized spacial score (nSPS) is 23.7. The molecule has 0 spiro atoms. The molecule has 1 fully saturated rings. The summed E-state index contributed by atoms with van der Waals surface area (Å²) in [6.45, 7) is 0.183. The molecule has 0 aromatic carbocycles. The van der Waals surface area contributed by atoms with Crippen LogP contribution < -0.4 is 16.6 Å². The summed E-state index contributed by atoms with van der Waals surface area (Å²) in [7, 11) is 0. The monoisotopic (exact) mass is 257 g/mol. The number of nitrogens with two attached hydrogens (primary N) is 1. The minimum Gasteiger partial charge on any atom is -0.396 e. The van der Waals surface area contributed by atoms with Crippen molar-refractivity contribution >= 4 is 23.4 Å². The minimum absolute atomic E-state index is 0.183. The zero-order valence-electron chi connectivity index (χ0n) is 9.36. The summed E-state index contributed by atoms with van der Waals surface area (Å²) in [5.41, 5.74) is 2.37. The smallest absolute Gasteiger partial charge is 0.239 e. The molecule has 1 heterocycles. The predicted molar refractivity (Wildman–Crippen MR) is 66.7 cm³/mol. The van der Waals surface area contributed by atoms with Gasteiger partial charge in [-0.3, -0.25) is 5.43 Å². The van der Waals surface area contributed by atoms with Gasteiger partial charge < -0.3 is 10.4 Å². The van der Waals surface area contributed by atoms with E-state index in [0.717, 1.165) is 19.3 Å². The Hall–Kier alpha value is -1.11. The number of nitrogen functional groups attached to an aromatic ring is 1. The van der Waals surface area contributed by atoms with Gasteiger partial charge in [-0.25, -0.2) is 10.8 Å². The highest BCUT2D eigenvalue weighted by atomic mass is 35.5. The van der Waals surface area contributed by atoms with E-state index >= 15 is 0 Å². The Balaban J connectivity index is 2.12. The Morgan fingerprint density at radius 3 is 3.06 bits per heavy atom. The van der Waals surface area contributed by atoms with E-state index < -0.39 is 0 Å². The lowest BCUT2D eigenvalue weighted by molar-refractivity contribution is 0.222. The SMILES string of the molecule is NNc1ncc(Cl)c(NC2CCCC2CO)n1. The Bertz CT molecular complexity index is 389. The van der Waals surface area contributed by atoms with Crippen LogP contribution in [0.3, 0.4) is 0 Å². The van der Waals surface area contributed by atoms with Crippen molar-refractivity contribution in [1.29, 1.82) is 0 Å². The predicted octanol–water partition coefficient (Wildman–Crippen LogP) is 0.988. The van der Waals surface area contributed by atoms with E-state index in [4.69, 9.17) is 17.4 Å². The van der Waals surface area contributed by atoms with Gasteiger partial charge in [0, 0.05) is 18.6 Å². The molecule has 2 atom stereocenters. The summed E-state index contributed by atoms with van der Waals surface area (Å²) in [4.78, 5) is 8.05. The lowest BCUT2D eigenvalue weighted by Gasteiger charge is -2.20. The third kappa shape index (κ3) is 2.77. The van der Waals surface area contributed by atoms with Crippen LogP contribution in [0.1, 0.15) is 19.3 Å². The fourth-order valence-electron chi connectivity index (χ4n) is 2.16. The molecular formula is C10H16ClN5O. The number of hydrogen-bond donors (Lipinski definition) is 4. The van der Waals surface area contributed by atoms with Gasteiger partial charge in [0.15, 0.2) is 5.82 Å². The van der Waals surface area contributed by atoms with Gasteiger partial charge in [0.25, 0.3) is 0 Å². The number of aliphatic hydroxyl groups is 1. The van der Waals surface area contributed by atoms with Crippen molar-refractivity contribution in [2.45, 2.75) is 25.3 Å². The average Bonchev–Trinajstić information content (AvgIpc) is 2.79. The van der Waals surface area contributed by atoms with Crippen molar-refractivity contribution in [2.24, 2.45) is 11.8 Å². The van der Waals surface area contributed by atoms with Gasteiger partial charge in [0.1, 0.15) is 5.02 Å². The zero-order chi connectivity index (χ0) is 12.3. The summed E-state index contributed by atoms with van der Waals surface area (Å²) < 4.78 is 0. The Kier molecular flexibility index (Phi) is 3.98. The minimum atomic E-state index is 0.183. The number of aromatic nitrogens is 2. The van der Waals surface area contributed by atoms with Crippen LogP contribution in [0.15, 0.2) is 6.20 Å². The maximum atomic E-state index is 9.25. The lowest BCUT2D eigenvalue weighted by Crippen LogP contribution is -2.27. The fraction of sp³-hybridized carbons (Fsp3) is 0.600. The molecule has 5 N–H and O–H groups in total. The molecule has 1 saturated carbocycles. The molecule has 2 unspecified atom stereocenters. The van der Waals surface area contributed by atoms with Gasteiger partial charge >= 0.3 is 0 Å². The first-order valence-corrected chi connectivity index (χ1v) is 5.99. The summed E-state index contributed by atoms with van der Waals surface area (Å²) in [6, 6.07) is 0.207. The van der Waals surface area contributed by atoms with Gasteiger partial charge in [0.05, 0.1) is 6.20 Å². The molecule has 6 nitrogen and oxygen atoms in total. The average molecular weight is 258 g/mol. The Morgan fingerprint density at radius 2 is 2.35 bits per heavy atom. The van der Waals surface area contributed by atoms with Crippen molar-refractivity contribution in [3.05, 3.63) is 11.2 Å². The quantitative estimate of drug-likeness (QED) is 0.475. The Labute approximate surface area is 105 Å². The van der Waals surface area contributed by atoms with Crippen molar-refractivity contribution in [3.8, 4) is 0 Å². The first kappa shape index (κ1) is 12.3. The number of anilines is 2.